The minimum atomic E-state index is 0.343. The predicted octanol–water partition coefficient (Wildman–Crippen LogP) is 3.41. The lowest BCUT2D eigenvalue weighted by atomic mass is 10.2. The molecule has 5 heteroatoms. The second-order valence-corrected chi connectivity index (χ2v) is 5.33. The first-order valence-corrected chi connectivity index (χ1v) is 7.62. The Morgan fingerprint density at radius 2 is 2.15 bits per heavy atom. The number of hydrogen-bond donors (Lipinski definition) is 1. The number of methoxy groups -OCH3 is 1. The maximum absolute atomic E-state index is 6.26. The average Bonchev–Trinajstić information content (AvgIpc) is 2.45. The molecule has 0 bridgehead atoms. The van der Waals surface area contributed by atoms with Crippen LogP contribution in [0.2, 0.25) is 5.02 Å². The van der Waals surface area contributed by atoms with Crippen LogP contribution in [0.4, 0.5) is 5.82 Å². The smallest absolute Gasteiger partial charge is 0.126 e. The minimum absolute atomic E-state index is 0.343. The topological polar surface area (TPSA) is 37.4 Å². The Labute approximate surface area is 127 Å². The summed E-state index contributed by atoms with van der Waals surface area (Å²) in [6.07, 6.45) is 1.07. The second-order valence-electron chi connectivity index (χ2n) is 4.92. The number of rotatable bonds is 9. The first-order chi connectivity index (χ1) is 9.62. The molecule has 0 saturated heterocycles. The quantitative estimate of drug-likeness (QED) is 0.758. The molecule has 0 aromatic carbocycles. The van der Waals surface area contributed by atoms with E-state index in [1.807, 2.05) is 12.1 Å². The summed E-state index contributed by atoms with van der Waals surface area (Å²) in [5.74, 6) is 0.890. The van der Waals surface area contributed by atoms with Crippen LogP contribution < -0.4 is 5.32 Å². The van der Waals surface area contributed by atoms with Crippen molar-refractivity contribution >= 4 is 17.4 Å². The van der Waals surface area contributed by atoms with Gasteiger partial charge in [-0.3, -0.25) is 4.90 Å². The largest absolute Gasteiger partial charge is 0.383 e. The summed E-state index contributed by atoms with van der Waals surface area (Å²) in [5.41, 5.74) is 0.914. The minimum Gasteiger partial charge on any atom is -0.383 e. The first-order valence-electron chi connectivity index (χ1n) is 7.24. The Morgan fingerprint density at radius 1 is 1.40 bits per heavy atom. The Morgan fingerprint density at radius 3 is 2.75 bits per heavy atom. The van der Waals surface area contributed by atoms with Gasteiger partial charge < -0.3 is 10.1 Å². The van der Waals surface area contributed by atoms with Gasteiger partial charge in [0.1, 0.15) is 5.82 Å². The van der Waals surface area contributed by atoms with E-state index in [-0.39, 0.29) is 0 Å². The fraction of sp³-hybridized carbons (Fsp3) is 0.667. The highest BCUT2D eigenvalue weighted by atomic mass is 35.5. The number of likely N-dealkylation sites (N-methyl/N-ethyl adjacent to an activating group) is 1. The molecule has 4 nitrogen and oxygen atoms in total. The molecular weight excluding hydrogens is 274 g/mol. The Balaban J connectivity index is 2.77. The Kier molecular flexibility index (Phi) is 7.88. The van der Waals surface area contributed by atoms with Crippen molar-refractivity contribution in [2.45, 2.75) is 39.8 Å². The lowest BCUT2D eigenvalue weighted by molar-refractivity contribution is 0.0974. The van der Waals surface area contributed by atoms with Crippen LogP contribution in [-0.2, 0) is 11.3 Å². The number of halogens is 1. The van der Waals surface area contributed by atoms with Gasteiger partial charge in [0.2, 0.25) is 0 Å². The van der Waals surface area contributed by atoms with Crippen LogP contribution in [0, 0.1) is 0 Å². The third-order valence-electron chi connectivity index (χ3n) is 3.26. The summed E-state index contributed by atoms with van der Waals surface area (Å²) in [6, 6.07) is 4.18. The molecule has 1 rings (SSSR count). The Bertz CT molecular complexity index is 401. The maximum Gasteiger partial charge on any atom is 0.126 e. The van der Waals surface area contributed by atoms with Gasteiger partial charge in [0, 0.05) is 26.2 Å². The van der Waals surface area contributed by atoms with Gasteiger partial charge in [0.05, 0.1) is 17.3 Å². The van der Waals surface area contributed by atoms with Crippen LogP contribution in [0.15, 0.2) is 12.1 Å². The molecule has 20 heavy (non-hydrogen) atoms. The van der Waals surface area contributed by atoms with Crippen molar-refractivity contribution in [3.8, 4) is 0 Å². The van der Waals surface area contributed by atoms with Gasteiger partial charge in [-0.05, 0) is 32.0 Å². The summed E-state index contributed by atoms with van der Waals surface area (Å²) >= 11 is 6.26. The number of nitrogens with one attached hydrogen (secondary N) is 1. The molecular formula is C15H26ClN3O. The van der Waals surface area contributed by atoms with E-state index in [2.05, 4.69) is 36.0 Å². The molecule has 0 radical (unpaired) electrons. The molecule has 1 N–H and O–H groups in total. The van der Waals surface area contributed by atoms with Gasteiger partial charge >= 0.3 is 0 Å². The van der Waals surface area contributed by atoms with Gasteiger partial charge in [-0.25, -0.2) is 4.98 Å². The molecule has 1 heterocycles. The van der Waals surface area contributed by atoms with Gasteiger partial charge in [-0.15, -0.1) is 0 Å². The molecule has 114 valence electrons. The number of hydrogen-bond acceptors (Lipinski definition) is 4. The van der Waals surface area contributed by atoms with E-state index in [0.717, 1.165) is 42.6 Å². The highest BCUT2D eigenvalue weighted by molar-refractivity contribution is 6.31. The maximum atomic E-state index is 6.26. The zero-order valence-electron chi connectivity index (χ0n) is 12.9. The summed E-state index contributed by atoms with van der Waals surface area (Å²) in [7, 11) is 1.73. The van der Waals surface area contributed by atoms with Crippen molar-refractivity contribution in [3.63, 3.8) is 0 Å². The van der Waals surface area contributed by atoms with E-state index in [9.17, 15) is 0 Å². The van der Waals surface area contributed by atoms with Gasteiger partial charge in [0.25, 0.3) is 0 Å². The zero-order valence-corrected chi connectivity index (χ0v) is 13.7. The first kappa shape index (κ1) is 17.2. The van der Waals surface area contributed by atoms with E-state index in [0.29, 0.717) is 12.6 Å². The van der Waals surface area contributed by atoms with Gasteiger partial charge in [-0.2, -0.15) is 0 Å². The van der Waals surface area contributed by atoms with E-state index in [1.165, 1.54) is 0 Å². The number of pyridine rings is 1. The summed E-state index contributed by atoms with van der Waals surface area (Å²) in [5, 5.41) is 4.01. The average molecular weight is 300 g/mol. The van der Waals surface area contributed by atoms with Crippen molar-refractivity contribution in [3.05, 3.63) is 22.8 Å². The zero-order chi connectivity index (χ0) is 15.0. The van der Waals surface area contributed by atoms with Crippen molar-refractivity contribution in [1.29, 1.82) is 0 Å². The van der Waals surface area contributed by atoms with E-state index in [1.54, 1.807) is 7.11 Å². The number of aromatic nitrogens is 1. The van der Waals surface area contributed by atoms with E-state index in [4.69, 9.17) is 16.3 Å². The van der Waals surface area contributed by atoms with Crippen LogP contribution in [-0.4, -0.2) is 42.7 Å². The van der Waals surface area contributed by atoms with Crippen molar-refractivity contribution in [2.75, 3.05) is 32.1 Å². The summed E-state index contributed by atoms with van der Waals surface area (Å²) < 4.78 is 5.22. The molecule has 1 unspecified atom stereocenters. The molecule has 0 saturated carbocycles. The highest BCUT2D eigenvalue weighted by Gasteiger charge is 2.15. The standard InChI is InChI=1S/C15H26ClN3O/c1-5-9-17-15-8-7-13(16)14(18-15)10-19(6-2)12(3)11-20-4/h7-8,12H,5-6,9-11H2,1-4H3,(H,17,18). The second kappa shape index (κ2) is 9.16. The molecule has 1 aromatic heterocycles. The molecule has 0 fully saturated rings. The number of anilines is 1. The van der Waals surface area contributed by atoms with Crippen LogP contribution in [0.1, 0.15) is 32.9 Å². The van der Waals surface area contributed by atoms with E-state index >= 15 is 0 Å². The highest BCUT2D eigenvalue weighted by Crippen LogP contribution is 2.19. The third kappa shape index (κ3) is 5.27. The summed E-state index contributed by atoms with van der Waals surface area (Å²) in [4.78, 5) is 6.92. The fourth-order valence-corrected chi connectivity index (χ4v) is 2.23. The lowest BCUT2D eigenvalue weighted by Gasteiger charge is -2.27. The predicted molar refractivity (Wildman–Crippen MR) is 85.4 cm³/mol. The molecule has 1 aromatic rings. The third-order valence-corrected chi connectivity index (χ3v) is 3.61. The summed E-state index contributed by atoms with van der Waals surface area (Å²) in [6.45, 7) is 9.73. The molecule has 0 spiro atoms. The van der Waals surface area contributed by atoms with Crippen LogP contribution in [0.3, 0.4) is 0 Å². The normalized spacial score (nSPS) is 12.7. The number of ether oxygens (including phenoxy) is 1. The molecule has 0 aliphatic heterocycles. The SMILES string of the molecule is CCCNc1ccc(Cl)c(CN(CC)C(C)COC)n1. The molecule has 0 amide bonds. The van der Waals surface area contributed by atoms with Crippen molar-refractivity contribution in [1.82, 2.24) is 9.88 Å². The van der Waals surface area contributed by atoms with Crippen molar-refractivity contribution < 1.29 is 4.74 Å². The van der Waals surface area contributed by atoms with E-state index < -0.39 is 0 Å². The van der Waals surface area contributed by atoms with Crippen LogP contribution in [0.25, 0.3) is 0 Å². The van der Waals surface area contributed by atoms with Crippen LogP contribution in [0.5, 0.6) is 0 Å². The van der Waals surface area contributed by atoms with Gasteiger partial charge in [0.15, 0.2) is 0 Å². The van der Waals surface area contributed by atoms with Gasteiger partial charge in [-0.1, -0.05) is 25.4 Å². The van der Waals surface area contributed by atoms with Crippen molar-refractivity contribution in [2.24, 2.45) is 0 Å². The fourth-order valence-electron chi connectivity index (χ4n) is 2.07. The monoisotopic (exact) mass is 299 g/mol. The Hall–Kier alpha value is -0.840. The molecule has 1 atom stereocenters. The number of nitrogens with zero attached hydrogens (tertiary/aromatic N) is 2. The van der Waals surface area contributed by atoms with Crippen LogP contribution >= 0.6 is 11.6 Å². The lowest BCUT2D eigenvalue weighted by Crippen LogP contribution is -2.35. The molecule has 0 aliphatic rings. The molecule has 0 aliphatic carbocycles.